The first-order valence-electron chi connectivity index (χ1n) is 5.86. The van der Waals surface area contributed by atoms with Crippen LogP contribution >= 0.6 is 0 Å². The molecule has 0 unspecified atom stereocenters. The van der Waals surface area contributed by atoms with Crippen molar-refractivity contribution >= 4 is 5.82 Å². The molecule has 0 amide bonds. The Kier molecular flexibility index (Phi) is 3.03. The van der Waals surface area contributed by atoms with Gasteiger partial charge in [0, 0.05) is 31.4 Å². The molecule has 0 saturated carbocycles. The minimum atomic E-state index is 0.114. The minimum absolute atomic E-state index is 0.114. The van der Waals surface area contributed by atoms with Crippen LogP contribution in [0, 0.1) is 11.3 Å². The van der Waals surface area contributed by atoms with E-state index in [0.29, 0.717) is 5.56 Å². The number of likely N-dealkylation sites (N-methyl/N-ethyl adjacent to an activating group) is 1. The van der Waals surface area contributed by atoms with Crippen LogP contribution in [0.5, 0.6) is 0 Å². The quantitative estimate of drug-likeness (QED) is 0.733. The first kappa shape index (κ1) is 11.9. The molecule has 1 saturated heterocycles. The largest absolute Gasteiger partial charge is 0.352 e. The third-order valence-electron chi connectivity index (χ3n) is 3.52. The minimum Gasteiger partial charge on any atom is -0.352 e. The molecule has 0 bridgehead atoms. The van der Waals surface area contributed by atoms with Crippen LogP contribution in [0.1, 0.15) is 19.4 Å². The maximum atomic E-state index is 9.10. The van der Waals surface area contributed by atoms with E-state index in [1.807, 2.05) is 12.1 Å². The second-order valence-corrected chi connectivity index (χ2v) is 5.14. The number of piperazine rings is 1. The van der Waals surface area contributed by atoms with Gasteiger partial charge in [-0.25, -0.2) is 4.98 Å². The van der Waals surface area contributed by atoms with Crippen molar-refractivity contribution in [1.82, 2.24) is 9.88 Å². The molecule has 2 heterocycles. The number of rotatable bonds is 1. The van der Waals surface area contributed by atoms with Gasteiger partial charge in [-0.15, -0.1) is 0 Å². The van der Waals surface area contributed by atoms with E-state index in [-0.39, 0.29) is 5.54 Å². The highest BCUT2D eigenvalue weighted by Crippen LogP contribution is 2.24. The van der Waals surface area contributed by atoms with Gasteiger partial charge in [0.25, 0.3) is 0 Å². The van der Waals surface area contributed by atoms with Crippen LogP contribution in [0.2, 0.25) is 0 Å². The second-order valence-electron chi connectivity index (χ2n) is 5.14. The fourth-order valence-electron chi connectivity index (χ4n) is 2.16. The summed E-state index contributed by atoms with van der Waals surface area (Å²) in [5.41, 5.74) is 0.774. The van der Waals surface area contributed by atoms with Crippen LogP contribution in [-0.4, -0.2) is 42.1 Å². The fourth-order valence-corrected chi connectivity index (χ4v) is 2.16. The molecule has 0 atom stereocenters. The van der Waals surface area contributed by atoms with Crippen molar-refractivity contribution in [3.63, 3.8) is 0 Å². The van der Waals surface area contributed by atoms with E-state index in [4.69, 9.17) is 5.26 Å². The highest BCUT2D eigenvalue weighted by atomic mass is 15.3. The molecule has 1 fully saturated rings. The summed E-state index contributed by atoms with van der Waals surface area (Å²) in [6, 6.07) is 5.85. The highest BCUT2D eigenvalue weighted by Gasteiger charge is 2.32. The van der Waals surface area contributed by atoms with E-state index in [9.17, 15) is 0 Å². The van der Waals surface area contributed by atoms with E-state index < -0.39 is 0 Å². The Labute approximate surface area is 102 Å². The molecular weight excluding hydrogens is 212 g/mol. The third-order valence-corrected chi connectivity index (χ3v) is 3.52. The average Bonchev–Trinajstić information content (AvgIpc) is 2.32. The van der Waals surface area contributed by atoms with Crippen LogP contribution in [0.3, 0.4) is 0 Å². The number of hydrogen-bond acceptors (Lipinski definition) is 4. The van der Waals surface area contributed by atoms with Crippen LogP contribution in [0.25, 0.3) is 0 Å². The predicted molar refractivity (Wildman–Crippen MR) is 67.9 cm³/mol. The summed E-state index contributed by atoms with van der Waals surface area (Å²) in [6.45, 7) is 7.25. The molecule has 0 aromatic carbocycles. The van der Waals surface area contributed by atoms with Gasteiger partial charge in [0.15, 0.2) is 0 Å². The Morgan fingerprint density at radius 3 is 2.82 bits per heavy atom. The molecular formula is C13H18N4. The Morgan fingerprint density at radius 1 is 1.41 bits per heavy atom. The first-order valence-corrected chi connectivity index (χ1v) is 5.86. The van der Waals surface area contributed by atoms with Crippen LogP contribution in [0.15, 0.2) is 18.3 Å². The molecule has 2 rings (SSSR count). The van der Waals surface area contributed by atoms with Gasteiger partial charge >= 0.3 is 0 Å². The summed E-state index contributed by atoms with van der Waals surface area (Å²) in [6.07, 6.45) is 1.75. The zero-order valence-electron chi connectivity index (χ0n) is 10.6. The number of anilines is 1. The average molecular weight is 230 g/mol. The maximum Gasteiger partial charge on any atom is 0.146 e. The van der Waals surface area contributed by atoms with E-state index in [1.165, 1.54) is 0 Å². The summed E-state index contributed by atoms with van der Waals surface area (Å²) in [7, 11) is 2.14. The SMILES string of the molecule is CN1CCN(c2ncccc2C#N)CC1(C)C. The Hall–Kier alpha value is -1.60. The van der Waals surface area contributed by atoms with Gasteiger partial charge in [-0.3, -0.25) is 4.90 Å². The van der Waals surface area contributed by atoms with Crippen LogP contribution in [-0.2, 0) is 0 Å². The van der Waals surface area contributed by atoms with Gasteiger partial charge < -0.3 is 4.90 Å². The molecule has 4 heteroatoms. The molecule has 0 N–H and O–H groups in total. The molecule has 4 nitrogen and oxygen atoms in total. The van der Waals surface area contributed by atoms with Gasteiger partial charge in [0.05, 0.1) is 5.56 Å². The van der Waals surface area contributed by atoms with Crippen molar-refractivity contribution in [2.75, 3.05) is 31.6 Å². The lowest BCUT2D eigenvalue weighted by atomic mass is 9.99. The number of pyridine rings is 1. The molecule has 0 aliphatic carbocycles. The van der Waals surface area contributed by atoms with Crippen molar-refractivity contribution in [1.29, 1.82) is 5.26 Å². The van der Waals surface area contributed by atoms with Crippen molar-refractivity contribution in [3.05, 3.63) is 23.9 Å². The van der Waals surface area contributed by atoms with Crippen molar-refractivity contribution < 1.29 is 0 Å². The molecule has 0 radical (unpaired) electrons. The monoisotopic (exact) mass is 230 g/mol. The second kappa shape index (κ2) is 4.34. The van der Waals surface area contributed by atoms with E-state index >= 15 is 0 Å². The van der Waals surface area contributed by atoms with Crippen molar-refractivity contribution in [3.8, 4) is 6.07 Å². The first-order chi connectivity index (χ1) is 8.04. The zero-order chi connectivity index (χ0) is 12.5. The Bertz CT molecular complexity index is 447. The third kappa shape index (κ3) is 2.25. The molecule has 1 aromatic heterocycles. The topological polar surface area (TPSA) is 43.2 Å². The predicted octanol–water partition coefficient (Wildman–Crippen LogP) is 1.48. The summed E-state index contributed by atoms with van der Waals surface area (Å²) in [4.78, 5) is 8.90. The standard InChI is InChI=1S/C13H18N4/c1-13(2)10-17(8-7-16(13)3)12-11(9-14)5-4-6-15-12/h4-6H,7-8,10H2,1-3H3. The summed E-state index contributed by atoms with van der Waals surface area (Å²) < 4.78 is 0. The van der Waals surface area contributed by atoms with E-state index in [2.05, 4.69) is 41.7 Å². The van der Waals surface area contributed by atoms with Crippen LogP contribution in [0.4, 0.5) is 5.82 Å². The zero-order valence-corrected chi connectivity index (χ0v) is 10.6. The summed E-state index contributed by atoms with van der Waals surface area (Å²) in [5.74, 6) is 0.816. The smallest absolute Gasteiger partial charge is 0.146 e. The normalized spacial score (nSPS) is 20.0. The molecule has 0 spiro atoms. The molecule has 1 aromatic rings. The maximum absolute atomic E-state index is 9.10. The van der Waals surface area contributed by atoms with Gasteiger partial charge in [0.2, 0.25) is 0 Å². The van der Waals surface area contributed by atoms with Crippen molar-refractivity contribution in [2.45, 2.75) is 19.4 Å². The Morgan fingerprint density at radius 2 is 2.18 bits per heavy atom. The van der Waals surface area contributed by atoms with Crippen molar-refractivity contribution in [2.24, 2.45) is 0 Å². The van der Waals surface area contributed by atoms with Gasteiger partial charge in [-0.05, 0) is 33.0 Å². The molecule has 1 aliphatic rings. The van der Waals surface area contributed by atoms with Gasteiger partial charge in [-0.1, -0.05) is 0 Å². The summed E-state index contributed by atoms with van der Waals surface area (Å²) >= 11 is 0. The molecule has 17 heavy (non-hydrogen) atoms. The number of hydrogen-bond donors (Lipinski definition) is 0. The number of nitrogens with zero attached hydrogens (tertiary/aromatic N) is 4. The van der Waals surface area contributed by atoms with Gasteiger partial charge in [0.1, 0.15) is 11.9 Å². The lowest BCUT2D eigenvalue weighted by molar-refractivity contribution is 0.138. The van der Waals surface area contributed by atoms with E-state index in [1.54, 1.807) is 6.20 Å². The summed E-state index contributed by atoms with van der Waals surface area (Å²) in [5, 5.41) is 9.10. The number of aromatic nitrogens is 1. The number of nitriles is 1. The van der Waals surface area contributed by atoms with Crippen LogP contribution < -0.4 is 4.90 Å². The molecule has 1 aliphatic heterocycles. The fraction of sp³-hybridized carbons (Fsp3) is 0.538. The highest BCUT2D eigenvalue weighted by molar-refractivity contribution is 5.54. The van der Waals surface area contributed by atoms with E-state index in [0.717, 1.165) is 25.5 Å². The lowest BCUT2D eigenvalue weighted by Gasteiger charge is -2.45. The Balaban J connectivity index is 2.27. The molecule has 90 valence electrons. The lowest BCUT2D eigenvalue weighted by Crippen LogP contribution is -2.58. The van der Waals surface area contributed by atoms with Gasteiger partial charge in [-0.2, -0.15) is 5.26 Å².